The second-order valence-electron chi connectivity index (χ2n) is 4.06. The highest BCUT2D eigenvalue weighted by Crippen LogP contribution is 2.16. The van der Waals surface area contributed by atoms with Crippen molar-refractivity contribution in [3.8, 4) is 0 Å². The number of hydrogen-bond donors (Lipinski definition) is 1. The van der Waals surface area contributed by atoms with Crippen molar-refractivity contribution < 1.29 is 4.43 Å². The van der Waals surface area contributed by atoms with Gasteiger partial charge in [-0.1, -0.05) is 0 Å². The van der Waals surface area contributed by atoms with Crippen LogP contribution in [0.4, 0.5) is 0 Å². The third-order valence-corrected chi connectivity index (χ3v) is 1.75. The van der Waals surface area contributed by atoms with E-state index in [9.17, 15) is 4.91 Å². The number of aryl methyl sites for hydroxylation is 1. The topological polar surface area (TPSA) is 38.8 Å². The molecule has 12 heavy (non-hydrogen) atoms. The molecular formula is C9H15N2O+. The lowest BCUT2D eigenvalue weighted by molar-refractivity contribution is -0.510. The van der Waals surface area contributed by atoms with E-state index in [0.717, 1.165) is 15.8 Å². The first-order valence-electron chi connectivity index (χ1n) is 4.03. The molecule has 0 radical (unpaired) electrons. The van der Waals surface area contributed by atoms with Gasteiger partial charge in [0, 0.05) is 4.91 Å². The summed E-state index contributed by atoms with van der Waals surface area (Å²) in [5.41, 5.74) is 1.53. The fourth-order valence-electron chi connectivity index (χ4n) is 1.08. The number of nitrogens with one attached hydrogen (secondary N) is 1. The summed E-state index contributed by atoms with van der Waals surface area (Å²) in [6, 6.07) is 0. The molecule has 0 bridgehead atoms. The lowest BCUT2D eigenvalue weighted by Crippen LogP contribution is -2.30. The lowest BCUT2D eigenvalue weighted by Gasteiger charge is -2.09. The molecule has 1 aromatic rings. The summed E-state index contributed by atoms with van der Waals surface area (Å²) < 4.78 is 0.922. The van der Waals surface area contributed by atoms with Crippen LogP contribution in [0.5, 0.6) is 0 Å². The van der Waals surface area contributed by atoms with E-state index in [1.54, 1.807) is 12.4 Å². The summed E-state index contributed by atoms with van der Waals surface area (Å²) in [6.45, 7) is 7.90. The molecule has 66 valence electrons. The Kier molecular flexibility index (Phi) is 2.04. The van der Waals surface area contributed by atoms with Gasteiger partial charge in [0.15, 0.2) is 0 Å². The minimum atomic E-state index is -0.105. The predicted octanol–water partition coefficient (Wildman–Crippen LogP) is 1.54. The van der Waals surface area contributed by atoms with E-state index in [1.807, 2.05) is 27.7 Å². The molecule has 1 aromatic heterocycles. The standard InChI is InChI=1S/C9H15N2O/c1-7-6-11(12)8(5-10-7)9(2,3)4/h5-6H,1-4H3,(H,10,12)/q+1. The van der Waals surface area contributed by atoms with Crippen molar-refractivity contribution >= 4 is 0 Å². The number of aromatic nitrogens is 2. The van der Waals surface area contributed by atoms with Crippen LogP contribution in [0.15, 0.2) is 12.4 Å². The van der Waals surface area contributed by atoms with Crippen molar-refractivity contribution in [1.29, 1.82) is 0 Å². The highest BCUT2D eigenvalue weighted by atomic mass is 16.3. The number of rotatable bonds is 0. The van der Waals surface area contributed by atoms with E-state index in [4.69, 9.17) is 0 Å². The van der Waals surface area contributed by atoms with Crippen molar-refractivity contribution in [1.82, 2.24) is 4.98 Å². The van der Waals surface area contributed by atoms with Gasteiger partial charge < -0.3 is 4.98 Å². The molecule has 3 nitrogen and oxygen atoms in total. The number of aromatic amines is 1. The molecule has 0 amide bonds. The fraction of sp³-hybridized carbons (Fsp3) is 0.556. The zero-order valence-corrected chi connectivity index (χ0v) is 8.01. The van der Waals surface area contributed by atoms with Gasteiger partial charge in [0.05, 0.1) is 21.7 Å². The molecule has 0 spiro atoms. The third kappa shape index (κ3) is 1.72. The first-order chi connectivity index (χ1) is 5.41. The van der Waals surface area contributed by atoms with Crippen molar-refractivity contribution in [2.45, 2.75) is 33.1 Å². The van der Waals surface area contributed by atoms with Gasteiger partial charge >= 0.3 is 0 Å². The van der Waals surface area contributed by atoms with Crippen LogP contribution < -0.4 is 4.43 Å². The second kappa shape index (κ2) is 2.73. The van der Waals surface area contributed by atoms with Gasteiger partial charge in [0.25, 0.3) is 5.69 Å². The van der Waals surface area contributed by atoms with Crippen LogP contribution in [0.3, 0.4) is 0 Å². The predicted molar refractivity (Wildman–Crippen MR) is 47.6 cm³/mol. The SMILES string of the molecule is Cc1c[n+](=O)c(C(C)(C)C)c[nH]1. The van der Waals surface area contributed by atoms with Gasteiger partial charge in [0.2, 0.25) is 6.20 Å². The highest BCUT2D eigenvalue weighted by molar-refractivity contribution is 5.03. The molecule has 1 rings (SSSR count). The van der Waals surface area contributed by atoms with Gasteiger partial charge in [-0.2, -0.15) is 0 Å². The van der Waals surface area contributed by atoms with Gasteiger partial charge in [0.1, 0.15) is 0 Å². The van der Waals surface area contributed by atoms with E-state index in [2.05, 4.69) is 4.98 Å². The van der Waals surface area contributed by atoms with E-state index in [0.29, 0.717) is 0 Å². The maximum atomic E-state index is 11.4. The summed E-state index contributed by atoms with van der Waals surface area (Å²) in [5, 5.41) is 0. The Morgan fingerprint density at radius 2 is 2.00 bits per heavy atom. The van der Waals surface area contributed by atoms with Crippen LogP contribution in [0.1, 0.15) is 32.2 Å². The zero-order chi connectivity index (χ0) is 9.35. The molecule has 3 heteroatoms. The van der Waals surface area contributed by atoms with Crippen molar-refractivity contribution in [3.63, 3.8) is 0 Å². The lowest BCUT2D eigenvalue weighted by atomic mass is 9.93. The van der Waals surface area contributed by atoms with Crippen molar-refractivity contribution in [2.75, 3.05) is 0 Å². The minimum absolute atomic E-state index is 0.105. The quantitative estimate of drug-likeness (QED) is 0.585. The molecule has 0 fully saturated rings. The third-order valence-electron chi connectivity index (χ3n) is 1.75. The normalized spacial score (nSPS) is 11.7. The van der Waals surface area contributed by atoms with E-state index >= 15 is 0 Å². The number of hydrogen-bond acceptors (Lipinski definition) is 1. The molecule has 0 atom stereocenters. The molecular weight excluding hydrogens is 152 g/mol. The molecule has 0 saturated carbocycles. The summed E-state index contributed by atoms with van der Waals surface area (Å²) in [5.74, 6) is 0. The van der Waals surface area contributed by atoms with Crippen molar-refractivity contribution in [2.24, 2.45) is 0 Å². The maximum Gasteiger partial charge on any atom is 0.260 e. The Labute approximate surface area is 72.1 Å². The average molecular weight is 167 g/mol. The van der Waals surface area contributed by atoms with E-state index in [1.165, 1.54) is 0 Å². The van der Waals surface area contributed by atoms with Gasteiger partial charge in [-0.25, -0.2) is 0 Å². The summed E-state index contributed by atoms with van der Waals surface area (Å²) in [7, 11) is 0. The van der Waals surface area contributed by atoms with Gasteiger partial charge in [-0.15, -0.1) is 0 Å². The Morgan fingerprint density at radius 3 is 2.42 bits per heavy atom. The minimum Gasteiger partial charge on any atom is -0.355 e. The van der Waals surface area contributed by atoms with Crippen LogP contribution in [-0.2, 0) is 5.41 Å². The molecule has 1 heterocycles. The first-order valence-corrected chi connectivity index (χ1v) is 4.03. The van der Waals surface area contributed by atoms with E-state index < -0.39 is 0 Å². The molecule has 0 aromatic carbocycles. The molecule has 0 unspecified atom stereocenters. The first kappa shape index (κ1) is 8.97. The smallest absolute Gasteiger partial charge is 0.260 e. The van der Waals surface area contributed by atoms with Crippen molar-refractivity contribution in [3.05, 3.63) is 28.7 Å². The largest absolute Gasteiger partial charge is 0.355 e. The molecule has 1 N–H and O–H groups in total. The summed E-state index contributed by atoms with van der Waals surface area (Å²) in [6.07, 6.45) is 3.32. The van der Waals surface area contributed by atoms with E-state index in [-0.39, 0.29) is 5.41 Å². The summed E-state index contributed by atoms with van der Waals surface area (Å²) in [4.78, 5) is 14.4. The zero-order valence-electron chi connectivity index (χ0n) is 8.01. The second-order valence-corrected chi connectivity index (χ2v) is 4.06. The van der Waals surface area contributed by atoms with Crippen LogP contribution in [0, 0.1) is 11.8 Å². The molecule has 0 saturated heterocycles. The monoisotopic (exact) mass is 167 g/mol. The molecule has 0 aliphatic rings. The number of nitrogens with zero attached hydrogens (tertiary/aromatic N) is 1. The Morgan fingerprint density at radius 1 is 1.42 bits per heavy atom. The average Bonchev–Trinajstić information content (AvgIpc) is 1.83. The van der Waals surface area contributed by atoms with Crippen LogP contribution in [-0.4, -0.2) is 4.98 Å². The van der Waals surface area contributed by atoms with Gasteiger partial charge in [-0.3, -0.25) is 0 Å². The summed E-state index contributed by atoms with van der Waals surface area (Å²) >= 11 is 0. The van der Waals surface area contributed by atoms with Gasteiger partial charge in [-0.05, 0) is 27.7 Å². The Bertz CT molecular complexity index is 333. The maximum absolute atomic E-state index is 11.4. The molecule has 0 aliphatic heterocycles. The van der Waals surface area contributed by atoms with Crippen LogP contribution in [0.2, 0.25) is 0 Å². The van der Waals surface area contributed by atoms with Crippen LogP contribution >= 0.6 is 0 Å². The Hall–Kier alpha value is -1.12. The highest BCUT2D eigenvalue weighted by Gasteiger charge is 2.25. The molecule has 0 aliphatic carbocycles. The Balaban J connectivity index is 3.29. The number of H-pyrrole nitrogens is 1. The fourth-order valence-corrected chi connectivity index (χ4v) is 1.08. The van der Waals surface area contributed by atoms with Crippen LogP contribution in [0.25, 0.3) is 0 Å².